The van der Waals surface area contributed by atoms with Gasteiger partial charge in [0, 0.05) is 31.9 Å². The molecular weight excluding hydrogens is 378 g/mol. The molecular formula is C18H25N7S2. The third-order valence-electron chi connectivity index (χ3n) is 4.41. The van der Waals surface area contributed by atoms with Crippen LogP contribution in [0.1, 0.15) is 17.0 Å². The van der Waals surface area contributed by atoms with Crippen LogP contribution < -0.4 is 11.1 Å². The minimum absolute atomic E-state index is 0.207. The second-order valence-electron chi connectivity index (χ2n) is 6.72. The minimum Gasteiger partial charge on any atom is -0.368 e. The molecule has 2 heterocycles. The lowest BCUT2D eigenvalue weighted by Crippen LogP contribution is -2.45. The average Bonchev–Trinajstić information content (AvgIpc) is 2.62. The van der Waals surface area contributed by atoms with Gasteiger partial charge in [0.25, 0.3) is 0 Å². The Morgan fingerprint density at radius 3 is 2.63 bits per heavy atom. The number of nitrogens with two attached hydrogens (primary N) is 1. The van der Waals surface area contributed by atoms with Crippen LogP contribution in [0.25, 0.3) is 0 Å². The van der Waals surface area contributed by atoms with E-state index in [4.69, 9.17) is 18.0 Å². The zero-order valence-electron chi connectivity index (χ0n) is 15.9. The molecule has 9 heteroatoms. The highest BCUT2D eigenvalue weighted by Crippen LogP contribution is 2.21. The summed E-state index contributed by atoms with van der Waals surface area (Å²) in [5, 5.41) is 3.24. The van der Waals surface area contributed by atoms with Gasteiger partial charge >= 0.3 is 0 Å². The Kier molecular flexibility index (Phi) is 6.46. The Balaban J connectivity index is 1.63. The molecule has 1 aliphatic heterocycles. The number of thiocarbonyl (C=S) groups is 1. The first kappa shape index (κ1) is 19.8. The molecule has 7 nitrogen and oxygen atoms in total. The zero-order valence-corrected chi connectivity index (χ0v) is 17.5. The lowest BCUT2D eigenvalue weighted by atomic mass is 10.1. The van der Waals surface area contributed by atoms with Gasteiger partial charge < -0.3 is 20.9 Å². The van der Waals surface area contributed by atoms with E-state index in [9.17, 15) is 0 Å². The number of nitrogen functional groups attached to an aromatic ring is 1. The predicted molar refractivity (Wildman–Crippen MR) is 116 cm³/mol. The fraction of sp³-hybridized carbons (Fsp3) is 0.444. The van der Waals surface area contributed by atoms with Gasteiger partial charge in [-0.2, -0.15) is 15.0 Å². The third kappa shape index (κ3) is 5.50. The molecule has 1 fully saturated rings. The normalized spacial score (nSPS) is 15.0. The lowest BCUT2D eigenvalue weighted by Gasteiger charge is -2.33. The molecule has 0 aliphatic carbocycles. The number of likely N-dealkylation sites (N-methyl/N-ethyl adjacent to an activating group) is 1. The van der Waals surface area contributed by atoms with Crippen molar-refractivity contribution in [3.05, 3.63) is 35.2 Å². The number of nitrogens with one attached hydrogen (secondary N) is 1. The maximum absolute atomic E-state index is 5.88. The van der Waals surface area contributed by atoms with E-state index in [1.54, 1.807) is 11.8 Å². The highest BCUT2D eigenvalue weighted by atomic mass is 32.2. The quantitative estimate of drug-likeness (QED) is 0.748. The van der Waals surface area contributed by atoms with Crippen molar-refractivity contribution < 1.29 is 0 Å². The van der Waals surface area contributed by atoms with Crippen molar-refractivity contribution >= 4 is 45.9 Å². The number of benzene rings is 1. The Morgan fingerprint density at radius 2 is 1.93 bits per heavy atom. The number of hydrogen-bond acceptors (Lipinski definition) is 8. The van der Waals surface area contributed by atoms with Crippen molar-refractivity contribution in [1.82, 2.24) is 24.8 Å². The Hall–Kier alpha value is -1.97. The molecule has 1 aromatic heterocycles. The Labute approximate surface area is 169 Å². The lowest BCUT2D eigenvalue weighted by molar-refractivity contribution is 0.220. The largest absolute Gasteiger partial charge is 0.368 e. The molecule has 2 aromatic rings. The summed E-state index contributed by atoms with van der Waals surface area (Å²) in [7, 11) is 2.13. The first-order chi connectivity index (χ1) is 12.9. The van der Waals surface area contributed by atoms with Crippen LogP contribution in [0, 0.1) is 13.8 Å². The van der Waals surface area contributed by atoms with Gasteiger partial charge in [-0.15, -0.1) is 0 Å². The molecule has 1 saturated heterocycles. The number of hydrogen-bond donors (Lipinski definition) is 2. The van der Waals surface area contributed by atoms with Crippen LogP contribution in [0.2, 0.25) is 0 Å². The molecule has 0 saturated carbocycles. The van der Waals surface area contributed by atoms with E-state index in [1.165, 1.54) is 5.56 Å². The van der Waals surface area contributed by atoms with E-state index in [2.05, 4.69) is 50.1 Å². The molecule has 1 aliphatic rings. The SMILES string of the molecule is Cc1ccc(Nc2nc(N)nc(CSC(=S)N3CCN(C)CC3)n2)c(C)c1. The predicted octanol–water partition coefficient (Wildman–Crippen LogP) is 2.58. The van der Waals surface area contributed by atoms with Gasteiger partial charge in [0.15, 0.2) is 0 Å². The molecule has 0 radical (unpaired) electrons. The molecule has 0 spiro atoms. The number of rotatable bonds is 4. The molecule has 3 N–H and O–H groups in total. The van der Waals surface area contributed by atoms with E-state index in [0.29, 0.717) is 17.5 Å². The molecule has 0 unspecified atom stereocenters. The summed E-state index contributed by atoms with van der Waals surface area (Å²) in [5.74, 6) is 1.85. The summed E-state index contributed by atoms with van der Waals surface area (Å²) in [4.78, 5) is 17.5. The molecule has 1 aromatic carbocycles. The standard InChI is InChI=1S/C18H25N7S2/c1-12-4-5-14(13(2)10-12)20-17-22-15(21-16(19)23-17)11-27-18(26)25-8-6-24(3)7-9-25/h4-5,10H,6-9,11H2,1-3H3,(H3,19,20,21,22,23). The summed E-state index contributed by atoms with van der Waals surface area (Å²) in [6.45, 7) is 8.09. The van der Waals surface area contributed by atoms with Crippen molar-refractivity contribution in [2.24, 2.45) is 0 Å². The van der Waals surface area contributed by atoms with Gasteiger partial charge in [0.05, 0.1) is 5.75 Å². The first-order valence-electron chi connectivity index (χ1n) is 8.85. The van der Waals surface area contributed by atoms with E-state index in [-0.39, 0.29) is 5.95 Å². The molecule has 0 atom stereocenters. The number of anilines is 3. The van der Waals surface area contributed by atoms with Gasteiger partial charge in [-0.25, -0.2) is 0 Å². The Bertz CT molecular complexity index is 819. The van der Waals surface area contributed by atoms with Crippen molar-refractivity contribution in [3.63, 3.8) is 0 Å². The van der Waals surface area contributed by atoms with E-state index < -0.39 is 0 Å². The van der Waals surface area contributed by atoms with Crippen molar-refractivity contribution in [2.75, 3.05) is 44.3 Å². The smallest absolute Gasteiger partial charge is 0.232 e. The van der Waals surface area contributed by atoms with Crippen molar-refractivity contribution in [3.8, 4) is 0 Å². The van der Waals surface area contributed by atoms with Crippen LogP contribution in [-0.4, -0.2) is 62.3 Å². The van der Waals surface area contributed by atoms with E-state index >= 15 is 0 Å². The van der Waals surface area contributed by atoms with Crippen LogP contribution >= 0.6 is 24.0 Å². The van der Waals surface area contributed by atoms with Gasteiger partial charge in [-0.1, -0.05) is 41.7 Å². The van der Waals surface area contributed by atoms with Crippen LogP contribution in [0.4, 0.5) is 17.6 Å². The average molecular weight is 404 g/mol. The van der Waals surface area contributed by atoms with Crippen LogP contribution in [-0.2, 0) is 5.75 Å². The van der Waals surface area contributed by atoms with Gasteiger partial charge in [0.2, 0.25) is 11.9 Å². The number of thioether (sulfide) groups is 1. The fourth-order valence-electron chi connectivity index (χ4n) is 2.84. The summed E-state index contributed by atoms with van der Waals surface area (Å²) < 4.78 is 0.881. The first-order valence-corrected chi connectivity index (χ1v) is 10.2. The zero-order chi connectivity index (χ0) is 19.4. The molecule has 0 amide bonds. The monoisotopic (exact) mass is 403 g/mol. The number of piperazine rings is 1. The van der Waals surface area contributed by atoms with E-state index in [0.717, 1.165) is 41.8 Å². The van der Waals surface area contributed by atoms with Gasteiger partial charge in [0.1, 0.15) is 10.1 Å². The second kappa shape index (κ2) is 8.81. The highest BCUT2D eigenvalue weighted by Gasteiger charge is 2.17. The van der Waals surface area contributed by atoms with Crippen molar-refractivity contribution in [2.45, 2.75) is 19.6 Å². The third-order valence-corrected chi connectivity index (χ3v) is 5.93. The fourth-order valence-corrected chi connectivity index (χ4v) is 3.95. The maximum atomic E-state index is 5.88. The summed E-state index contributed by atoms with van der Waals surface area (Å²) in [5.41, 5.74) is 9.17. The maximum Gasteiger partial charge on any atom is 0.232 e. The van der Waals surface area contributed by atoms with Gasteiger partial charge in [-0.05, 0) is 32.5 Å². The van der Waals surface area contributed by atoms with Crippen LogP contribution in [0.3, 0.4) is 0 Å². The molecule has 27 heavy (non-hydrogen) atoms. The second-order valence-corrected chi connectivity index (χ2v) is 8.33. The van der Waals surface area contributed by atoms with Crippen LogP contribution in [0.5, 0.6) is 0 Å². The summed E-state index contributed by atoms with van der Waals surface area (Å²) >= 11 is 7.13. The van der Waals surface area contributed by atoms with Crippen molar-refractivity contribution in [1.29, 1.82) is 0 Å². The molecule has 3 rings (SSSR count). The number of aromatic nitrogens is 3. The highest BCUT2D eigenvalue weighted by molar-refractivity contribution is 8.22. The van der Waals surface area contributed by atoms with E-state index in [1.807, 2.05) is 19.1 Å². The van der Waals surface area contributed by atoms with Crippen LogP contribution in [0.15, 0.2) is 18.2 Å². The van der Waals surface area contributed by atoms with Gasteiger partial charge in [-0.3, -0.25) is 0 Å². The summed E-state index contributed by atoms with van der Waals surface area (Å²) in [6, 6.07) is 6.17. The topological polar surface area (TPSA) is 83.2 Å². The summed E-state index contributed by atoms with van der Waals surface area (Å²) in [6.07, 6.45) is 0. The number of nitrogens with zero attached hydrogens (tertiary/aromatic N) is 5. The molecule has 0 bridgehead atoms. The number of aryl methyl sites for hydroxylation is 2. The molecule has 144 valence electrons. The Morgan fingerprint density at radius 1 is 1.19 bits per heavy atom. The minimum atomic E-state index is 0.207.